The molecule has 0 aliphatic heterocycles. The van der Waals surface area contributed by atoms with Crippen molar-refractivity contribution in [3.8, 4) is 11.8 Å². The standard InChI is InChI=1S/C21H30N2O3/c1-5-26-21(10-6-7-16(4)12-21)20(24)23-18-8-9-19(17(11-18)13-22)25-14-15(2)3/h8-9,11,15-16H,5-7,10,12,14H2,1-4H3,(H,23,24)/t16-,21+/m1/s1. The Bertz CT molecular complexity index is 662. The second-order valence-corrected chi connectivity index (χ2v) is 7.61. The number of nitrogens with zero attached hydrogens (tertiary/aromatic N) is 1. The summed E-state index contributed by atoms with van der Waals surface area (Å²) in [4.78, 5) is 13.0. The molecule has 0 saturated heterocycles. The summed E-state index contributed by atoms with van der Waals surface area (Å²) >= 11 is 0. The molecular weight excluding hydrogens is 328 g/mol. The molecule has 0 radical (unpaired) electrons. The van der Waals surface area contributed by atoms with Gasteiger partial charge in [-0.15, -0.1) is 0 Å². The highest BCUT2D eigenvalue weighted by Crippen LogP contribution is 2.36. The molecule has 0 spiro atoms. The predicted molar refractivity (Wildman–Crippen MR) is 102 cm³/mol. The maximum atomic E-state index is 13.0. The molecule has 1 aliphatic rings. The third-order valence-electron chi connectivity index (χ3n) is 4.72. The van der Waals surface area contributed by atoms with Crippen molar-refractivity contribution in [2.45, 2.75) is 59.0 Å². The highest BCUT2D eigenvalue weighted by atomic mass is 16.5. The lowest BCUT2D eigenvalue weighted by Gasteiger charge is -2.38. The number of hydrogen-bond acceptors (Lipinski definition) is 4. The molecule has 1 aromatic rings. The lowest BCUT2D eigenvalue weighted by molar-refractivity contribution is -0.147. The van der Waals surface area contributed by atoms with E-state index in [1.807, 2.05) is 6.92 Å². The number of nitrogens with one attached hydrogen (secondary N) is 1. The van der Waals surface area contributed by atoms with Gasteiger partial charge in [-0.25, -0.2) is 0 Å². The van der Waals surface area contributed by atoms with Crippen molar-refractivity contribution in [3.05, 3.63) is 23.8 Å². The van der Waals surface area contributed by atoms with Crippen LogP contribution in [0.15, 0.2) is 18.2 Å². The topological polar surface area (TPSA) is 71.3 Å². The van der Waals surface area contributed by atoms with Gasteiger partial charge in [0.25, 0.3) is 5.91 Å². The van der Waals surface area contributed by atoms with E-state index < -0.39 is 5.60 Å². The minimum Gasteiger partial charge on any atom is -0.492 e. The number of hydrogen-bond donors (Lipinski definition) is 1. The first kappa shape index (κ1) is 20.3. The minimum absolute atomic E-state index is 0.120. The molecule has 0 heterocycles. The van der Waals surface area contributed by atoms with Gasteiger partial charge in [-0.2, -0.15) is 5.26 Å². The van der Waals surface area contributed by atoms with Gasteiger partial charge < -0.3 is 14.8 Å². The summed E-state index contributed by atoms with van der Waals surface area (Å²) in [5.41, 5.74) is 0.248. The zero-order valence-corrected chi connectivity index (χ0v) is 16.3. The normalized spacial score (nSPS) is 22.7. The largest absolute Gasteiger partial charge is 0.492 e. The van der Waals surface area contributed by atoms with Crippen LogP contribution in [0.1, 0.15) is 58.9 Å². The van der Waals surface area contributed by atoms with E-state index in [0.29, 0.717) is 42.0 Å². The molecule has 0 aromatic heterocycles. The molecule has 1 aromatic carbocycles. The Morgan fingerprint density at radius 1 is 1.46 bits per heavy atom. The van der Waals surface area contributed by atoms with Crippen molar-refractivity contribution in [1.29, 1.82) is 5.26 Å². The monoisotopic (exact) mass is 358 g/mol. The molecular formula is C21H30N2O3. The number of carbonyl (C=O) groups is 1. The third-order valence-corrected chi connectivity index (χ3v) is 4.72. The van der Waals surface area contributed by atoms with Crippen LogP contribution in [0.2, 0.25) is 0 Å². The maximum absolute atomic E-state index is 13.0. The molecule has 1 fully saturated rings. The van der Waals surface area contributed by atoms with Crippen LogP contribution in [-0.2, 0) is 9.53 Å². The summed E-state index contributed by atoms with van der Waals surface area (Å²) in [6, 6.07) is 7.33. The van der Waals surface area contributed by atoms with Gasteiger partial charge in [0.2, 0.25) is 0 Å². The molecule has 1 N–H and O–H groups in total. The molecule has 26 heavy (non-hydrogen) atoms. The SMILES string of the molecule is CCO[C@@]1(C(=O)Nc2ccc(OCC(C)C)c(C#N)c2)CCC[C@@H](C)C1. The van der Waals surface area contributed by atoms with Crippen molar-refractivity contribution in [1.82, 2.24) is 0 Å². The molecule has 142 valence electrons. The quantitative estimate of drug-likeness (QED) is 0.778. The smallest absolute Gasteiger partial charge is 0.256 e. The second kappa shape index (κ2) is 9.05. The van der Waals surface area contributed by atoms with Crippen LogP contribution in [0, 0.1) is 23.2 Å². The number of anilines is 1. The summed E-state index contributed by atoms with van der Waals surface area (Å²) in [6.45, 7) is 9.24. The molecule has 0 bridgehead atoms. The fourth-order valence-electron chi connectivity index (χ4n) is 3.50. The third kappa shape index (κ3) is 4.98. The van der Waals surface area contributed by atoms with E-state index in [9.17, 15) is 10.1 Å². The van der Waals surface area contributed by atoms with Gasteiger partial charge in [-0.05, 0) is 56.2 Å². The average Bonchev–Trinajstić information content (AvgIpc) is 2.60. The Labute approximate surface area is 156 Å². The number of amides is 1. The van der Waals surface area contributed by atoms with Crippen molar-refractivity contribution < 1.29 is 14.3 Å². The van der Waals surface area contributed by atoms with Crippen molar-refractivity contribution in [2.75, 3.05) is 18.5 Å². The van der Waals surface area contributed by atoms with E-state index in [1.165, 1.54) is 0 Å². The van der Waals surface area contributed by atoms with E-state index in [0.717, 1.165) is 25.7 Å². The molecule has 1 amide bonds. The number of carbonyl (C=O) groups excluding carboxylic acids is 1. The van der Waals surface area contributed by atoms with Crippen LogP contribution in [0.3, 0.4) is 0 Å². The van der Waals surface area contributed by atoms with E-state index in [4.69, 9.17) is 9.47 Å². The summed E-state index contributed by atoms with van der Waals surface area (Å²) < 4.78 is 11.6. The van der Waals surface area contributed by atoms with Crippen LogP contribution in [0.5, 0.6) is 5.75 Å². The van der Waals surface area contributed by atoms with Crippen LogP contribution < -0.4 is 10.1 Å². The molecule has 1 aliphatic carbocycles. The summed E-state index contributed by atoms with van der Waals surface area (Å²) in [5, 5.41) is 12.3. The number of ether oxygens (including phenoxy) is 2. The molecule has 2 atom stereocenters. The highest BCUT2D eigenvalue weighted by molar-refractivity contribution is 5.97. The van der Waals surface area contributed by atoms with E-state index in [2.05, 4.69) is 32.2 Å². The lowest BCUT2D eigenvalue weighted by atomic mass is 9.78. The lowest BCUT2D eigenvalue weighted by Crippen LogP contribution is -2.48. The Morgan fingerprint density at radius 3 is 2.85 bits per heavy atom. The van der Waals surface area contributed by atoms with Crippen LogP contribution in [-0.4, -0.2) is 24.7 Å². The average molecular weight is 358 g/mol. The number of benzene rings is 1. The molecule has 1 saturated carbocycles. The molecule has 2 rings (SSSR count). The first-order chi connectivity index (χ1) is 12.4. The van der Waals surface area contributed by atoms with E-state index in [1.54, 1.807) is 18.2 Å². The minimum atomic E-state index is -0.772. The van der Waals surface area contributed by atoms with Crippen molar-refractivity contribution in [2.24, 2.45) is 11.8 Å². The maximum Gasteiger partial charge on any atom is 0.256 e. The fraction of sp³-hybridized carbons (Fsp3) is 0.619. The van der Waals surface area contributed by atoms with Gasteiger partial charge >= 0.3 is 0 Å². The second-order valence-electron chi connectivity index (χ2n) is 7.61. The highest BCUT2D eigenvalue weighted by Gasteiger charge is 2.42. The molecule has 5 nitrogen and oxygen atoms in total. The summed E-state index contributed by atoms with van der Waals surface area (Å²) in [7, 11) is 0. The fourth-order valence-corrected chi connectivity index (χ4v) is 3.50. The Balaban J connectivity index is 2.15. The molecule has 5 heteroatoms. The Morgan fingerprint density at radius 2 is 2.23 bits per heavy atom. The van der Waals surface area contributed by atoms with Crippen molar-refractivity contribution >= 4 is 11.6 Å². The van der Waals surface area contributed by atoms with Gasteiger partial charge in [0.1, 0.15) is 17.4 Å². The Kier molecular flexibility index (Phi) is 7.05. The first-order valence-corrected chi connectivity index (χ1v) is 9.52. The Hall–Kier alpha value is -2.06. The number of rotatable bonds is 7. The predicted octanol–water partition coefficient (Wildman–Crippen LogP) is 4.52. The van der Waals surface area contributed by atoms with Gasteiger partial charge in [0, 0.05) is 12.3 Å². The molecule has 0 unspecified atom stereocenters. The van der Waals surface area contributed by atoms with Gasteiger partial charge in [0.05, 0.1) is 12.2 Å². The van der Waals surface area contributed by atoms with E-state index >= 15 is 0 Å². The van der Waals surface area contributed by atoms with Crippen LogP contribution >= 0.6 is 0 Å². The van der Waals surface area contributed by atoms with Crippen LogP contribution in [0.4, 0.5) is 5.69 Å². The number of nitriles is 1. The first-order valence-electron chi connectivity index (χ1n) is 9.52. The van der Waals surface area contributed by atoms with E-state index in [-0.39, 0.29) is 5.91 Å². The van der Waals surface area contributed by atoms with Crippen LogP contribution in [0.25, 0.3) is 0 Å². The van der Waals surface area contributed by atoms with Gasteiger partial charge in [-0.1, -0.05) is 27.2 Å². The summed E-state index contributed by atoms with van der Waals surface area (Å²) in [5.74, 6) is 1.26. The van der Waals surface area contributed by atoms with Gasteiger partial charge in [0.15, 0.2) is 0 Å². The summed E-state index contributed by atoms with van der Waals surface area (Å²) in [6.07, 6.45) is 3.58. The zero-order valence-electron chi connectivity index (χ0n) is 16.3. The zero-order chi connectivity index (χ0) is 19.2. The van der Waals surface area contributed by atoms with Gasteiger partial charge in [-0.3, -0.25) is 4.79 Å². The van der Waals surface area contributed by atoms with Crippen molar-refractivity contribution in [3.63, 3.8) is 0 Å².